The lowest BCUT2D eigenvalue weighted by molar-refractivity contribution is -0.129. The summed E-state index contributed by atoms with van der Waals surface area (Å²) in [5, 5.41) is 10.7. The molecule has 6 heteroatoms. The van der Waals surface area contributed by atoms with Gasteiger partial charge in [-0.15, -0.1) is 0 Å². The third kappa shape index (κ3) is 6.11. The molecule has 0 saturated heterocycles. The first kappa shape index (κ1) is 24.3. The fourth-order valence-electron chi connectivity index (χ4n) is 3.70. The first-order valence-corrected chi connectivity index (χ1v) is 11.3. The maximum absolute atomic E-state index is 13.2. The highest BCUT2D eigenvalue weighted by Crippen LogP contribution is 2.38. The number of hydrogen-bond donors (Lipinski definition) is 1. The van der Waals surface area contributed by atoms with Crippen LogP contribution >= 0.6 is 0 Å². The molecule has 0 fully saturated rings. The van der Waals surface area contributed by atoms with Crippen LogP contribution in [0.1, 0.15) is 36.9 Å². The molecule has 1 aliphatic rings. The topological polar surface area (TPSA) is 70.1 Å². The predicted molar refractivity (Wildman–Crippen MR) is 130 cm³/mol. The van der Waals surface area contributed by atoms with Crippen LogP contribution in [0.15, 0.2) is 72.0 Å². The number of likely N-dealkylation sites (N-methyl/N-ethyl adjacent to an activating group) is 1. The van der Waals surface area contributed by atoms with Crippen LogP contribution in [0.25, 0.3) is 6.08 Å². The predicted octanol–water partition coefficient (Wildman–Crippen LogP) is 4.41. The number of carbonyl (C=O) groups excluding carboxylic acids is 2. The van der Waals surface area contributed by atoms with E-state index in [4.69, 9.17) is 4.74 Å². The molecule has 1 unspecified atom stereocenters. The van der Waals surface area contributed by atoms with Gasteiger partial charge in [-0.2, -0.15) is 0 Å². The molecule has 2 aromatic carbocycles. The van der Waals surface area contributed by atoms with E-state index in [-0.39, 0.29) is 11.4 Å². The zero-order chi connectivity index (χ0) is 23.8. The van der Waals surface area contributed by atoms with E-state index >= 15 is 0 Å². The van der Waals surface area contributed by atoms with Gasteiger partial charge in [0.05, 0.1) is 18.2 Å². The molecular weight excluding hydrogens is 416 g/mol. The Balaban J connectivity index is 1.90. The third-order valence-corrected chi connectivity index (χ3v) is 5.55. The number of hydrogen-bond acceptors (Lipinski definition) is 5. The molecule has 174 valence electrons. The first-order valence-electron chi connectivity index (χ1n) is 11.3. The number of allylic oxidation sites excluding steroid dienone is 1. The molecule has 0 aliphatic carbocycles. The Kier molecular flexibility index (Phi) is 8.44. The number of ether oxygens (including phenoxy) is 1. The van der Waals surface area contributed by atoms with Gasteiger partial charge in [0.15, 0.2) is 11.5 Å². The maximum Gasteiger partial charge on any atom is 0.290 e. The van der Waals surface area contributed by atoms with E-state index in [1.165, 1.54) is 6.08 Å². The summed E-state index contributed by atoms with van der Waals surface area (Å²) >= 11 is 0. The molecule has 1 N–H and O–H groups in total. The van der Waals surface area contributed by atoms with Gasteiger partial charge in [-0.05, 0) is 49.9 Å². The normalized spacial score (nSPS) is 16.3. The molecule has 1 aliphatic heterocycles. The van der Waals surface area contributed by atoms with Crippen molar-refractivity contribution in [1.29, 1.82) is 0 Å². The Morgan fingerprint density at radius 3 is 2.45 bits per heavy atom. The van der Waals surface area contributed by atoms with E-state index in [9.17, 15) is 14.7 Å². The molecule has 33 heavy (non-hydrogen) atoms. The number of aliphatic hydroxyl groups is 1. The molecule has 1 amide bonds. The van der Waals surface area contributed by atoms with Crippen molar-refractivity contribution >= 4 is 17.8 Å². The number of carbonyl (C=O) groups is 2. The van der Waals surface area contributed by atoms with Gasteiger partial charge in [0.25, 0.3) is 5.91 Å². The Morgan fingerprint density at radius 2 is 1.82 bits per heavy atom. The zero-order valence-corrected chi connectivity index (χ0v) is 19.5. The van der Waals surface area contributed by atoms with Crippen LogP contribution in [0, 0.1) is 0 Å². The van der Waals surface area contributed by atoms with Gasteiger partial charge in [0.1, 0.15) is 5.75 Å². The number of rotatable bonds is 11. The van der Waals surface area contributed by atoms with Gasteiger partial charge < -0.3 is 19.6 Å². The van der Waals surface area contributed by atoms with Gasteiger partial charge in [-0.25, -0.2) is 0 Å². The van der Waals surface area contributed by atoms with Crippen molar-refractivity contribution < 1.29 is 19.4 Å². The highest BCUT2D eigenvalue weighted by atomic mass is 16.5. The summed E-state index contributed by atoms with van der Waals surface area (Å²) in [5.74, 6) is -0.655. The van der Waals surface area contributed by atoms with Crippen molar-refractivity contribution in [3.63, 3.8) is 0 Å². The average molecular weight is 449 g/mol. The van der Waals surface area contributed by atoms with Crippen LogP contribution in [-0.2, 0) is 9.59 Å². The lowest BCUT2D eigenvalue weighted by Crippen LogP contribution is -2.36. The number of amides is 1. The summed E-state index contributed by atoms with van der Waals surface area (Å²) in [4.78, 5) is 29.6. The van der Waals surface area contributed by atoms with E-state index in [1.807, 2.05) is 73.6 Å². The largest absolute Gasteiger partial charge is 0.503 e. The van der Waals surface area contributed by atoms with E-state index in [2.05, 4.69) is 6.92 Å². The minimum absolute atomic E-state index is 0.102. The lowest BCUT2D eigenvalue weighted by Gasteiger charge is -2.28. The fourth-order valence-corrected chi connectivity index (χ4v) is 3.70. The van der Waals surface area contributed by atoms with Crippen molar-refractivity contribution in [2.75, 3.05) is 33.8 Å². The maximum atomic E-state index is 13.2. The van der Waals surface area contributed by atoms with E-state index in [0.29, 0.717) is 19.7 Å². The number of ketones is 1. The second-order valence-electron chi connectivity index (χ2n) is 8.35. The smallest absolute Gasteiger partial charge is 0.290 e. The number of aliphatic hydroxyl groups excluding tert-OH is 1. The molecule has 0 spiro atoms. The SMILES string of the molecule is CCCCOc1ccc(C2C(C(=O)/C=C/c3ccccc3)=C(O)C(=O)N2CCN(C)C)cc1. The summed E-state index contributed by atoms with van der Waals surface area (Å²) in [5.41, 5.74) is 1.72. The average Bonchev–Trinajstić information content (AvgIpc) is 3.07. The summed E-state index contributed by atoms with van der Waals surface area (Å²) in [6.45, 7) is 3.74. The Hall–Kier alpha value is -3.38. The molecule has 1 atom stereocenters. The van der Waals surface area contributed by atoms with Crippen molar-refractivity contribution in [1.82, 2.24) is 9.80 Å². The number of benzene rings is 2. The first-order chi connectivity index (χ1) is 15.9. The lowest BCUT2D eigenvalue weighted by atomic mass is 9.95. The van der Waals surface area contributed by atoms with Crippen LogP contribution in [0.4, 0.5) is 0 Å². The minimum Gasteiger partial charge on any atom is -0.503 e. The van der Waals surface area contributed by atoms with Gasteiger partial charge in [0.2, 0.25) is 0 Å². The van der Waals surface area contributed by atoms with Crippen molar-refractivity contribution in [2.45, 2.75) is 25.8 Å². The summed E-state index contributed by atoms with van der Waals surface area (Å²) in [7, 11) is 3.83. The minimum atomic E-state index is -0.657. The molecule has 0 aromatic heterocycles. The van der Waals surface area contributed by atoms with Crippen LogP contribution in [-0.4, -0.2) is 60.4 Å². The molecule has 0 radical (unpaired) electrons. The number of unbranched alkanes of at least 4 members (excludes halogenated alkanes) is 1. The monoisotopic (exact) mass is 448 g/mol. The van der Waals surface area contributed by atoms with Crippen LogP contribution in [0.2, 0.25) is 0 Å². The van der Waals surface area contributed by atoms with Gasteiger partial charge >= 0.3 is 0 Å². The number of nitrogens with zero attached hydrogens (tertiary/aromatic N) is 2. The standard InChI is InChI=1S/C27H32N2O4/c1-4-5-19-33-22-14-12-21(13-15-22)25-24(23(30)16-11-20-9-7-6-8-10-20)26(31)27(32)29(25)18-17-28(2)3/h6-16,25,31H,4-5,17-19H2,1-3H3/b16-11+. The van der Waals surface area contributed by atoms with Crippen LogP contribution < -0.4 is 4.74 Å². The van der Waals surface area contributed by atoms with Gasteiger partial charge in [-0.1, -0.05) is 61.9 Å². The second kappa shape index (κ2) is 11.5. The third-order valence-electron chi connectivity index (χ3n) is 5.55. The van der Waals surface area contributed by atoms with Gasteiger partial charge in [0, 0.05) is 13.1 Å². The van der Waals surface area contributed by atoms with E-state index in [1.54, 1.807) is 11.0 Å². The zero-order valence-electron chi connectivity index (χ0n) is 19.5. The molecule has 6 nitrogen and oxygen atoms in total. The Morgan fingerprint density at radius 1 is 1.12 bits per heavy atom. The summed E-state index contributed by atoms with van der Waals surface area (Å²) in [6, 6.07) is 16.2. The molecule has 0 bridgehead atoms. The Bertz CT molecular complexity index is 1010. The van der Waals surface area contributed by atoms with Crippen molar-refractivity contribution in [3.05, 3.63) is 83.1 Å². The quantitative estimate of drug-likeness (QED) is 0.407. The van der Waals surface area contributed by atoms with E-state index in [0.717, 1.165) is 29.7 Å². The van der Waals surface area contributed by atoms with Crippen LogP contribution in [0.3, 0.4) is 0 Å². The van der Waals surface area contributed by atoms with Crippen molar-refractivity contribution in [2.24, 2.45) is 0 Å². The van der Waals surface area contributed by atoms with Crippen LogP contribution in [0.5, 0.6) is 5.75 Å². The molecule has 2 aromatic rings. The van der Waals surface area contributed by atoms with Gasteiger partial charge in [-0.3, -0.25) is 9.59 Å². The second-order valence-corrected chi connectivity index (χ2v) is 8.35. The molecule has 3 rings (SSSR count). The Labute approximate surface area is 195 Å². The summed E-state index contributed by atoms with van der Waals surface area (Å²) in [6.07, 6.45) is 5.13. The molecular formula is C27H32N2O4. The van der Waals surface area contributed by atoms with E-state index < -0.39 is 17.7 Å². The summed E-state index contributed by atoms with van der Waals surface area (Å²) < 4.78 is 5.75. The van der Waals surface area contributed by atoms with Crippen molar-refractivity contribution in [3.8, 4) is 5.75 Å². The highest BCUT2D eigenvalue weighted by Gasteiger charge is 2.42. The fraction of sp³-hybridized carbons (Fsp3) is 0.333. The molecule has 0 saturated carbocycles. The molecule has 1 heterocycles. The highest BCUT2D eigenvalue weighted by molar-refractivity contribution is 6.14.